The van der Waals surface area contributed by atoms with E-state index in [9.17, 15) is 18.0 Å². The second-order valence-electron chi connectivity index (χ2n) is 6.14. The van der Waals surface area contributed by atoms with E-state index in [0.29, 0.717) is 24.1 Å². The Morgan fingerprint density at radius 2 is 2.07 bits per heavy atom. The van der Waals surface area contributed by atoms with Crippen LogP contribution in [0.2, 0.25) is 0 Å². The zero-order chi connectivity index (χ0) is 20.1. The van der Waals surface area contributed by atoms with E-state index in [4.69, 9.17) is 5.73 Å². The maximum atomic E-state index is 14.0. The number of nitrogens with zero attached hydrogens (tertiary/aromatic N) is 2. The number of pyridine rings is 1. The van der Waals surface area contributed by atoms with Crippen LogP contribution in [0.25, 0.3) is 0 Å². The summed E-state index contributed by atoms with van der Waals surface area (Å²) >= 11 is 0. The fraction of sp³-hybridized carbons (Fsp3) is 0.211. The highest BCUT2D eigenvalue weighted by atomic mass is 19.3. The van der Waals surface area contributed by atoms with Crippen LogP contribution in [0.1, 0.15) is 18.4 Å². The third-order valence-electron chi connectivity index (χ3n) is 4.23. The smallest absolute Gasteiger partial charge is 0.388 e. The summed E-state index contributed by atoms with van der Waals surface area (Å²) in [7, 11) is 0. The highest BCUT2D eigenvalue weighted by molar-refractivity contribution is 6.04. The van der Waals surface area contributed by atoms with Crippen molar-refractivity contribution in [2.75, 3.05) is 5.32 Å². The number of hydrogen-bond acceptors (Lipinski definition) is 4. The summed E-state index contributed by atoms with van der Waals surface area (Å²) < 4.78 is 42.6. The largest absolute Gasteiger partial charge is 0.417 e. The van der Waals surface area contributed by atoms with E-state index >= 15 is 0 Å². The third-order valence-corrected chi connectivity index (χ3v) is 4.23. The van der Waals surface area contributed by atoms with Gasteiger partial charge in [0.2, 0.25) is 5.88 Å². The van der Waals surface area contributed by atoms with Crippen LogP contribution in [0.15, 0.2) is 59.9 Å². The third kappa shape index (κ3) is 4.48. The van der Waals surface area contributed by atoms with Crippen molar-refractivity contribution in [1.29, 1.82) is 0 Å². The van der Waals surface area contributed by atoms with Crippen LogP contribution in [0, 0.1) is 5.82 Å². The Bertz CT molecular complexity index is 927. The molecule has 0 unspecified atom stereocenters. The topological polar surface area (TPSA) is 89.6 Å². The number of amidine groups is 1. The number of ether oxygens (including phenoxy) is 1. The minimum atomic E-state index is -2.98. The molecule has 0 aliphatic heterocycles. The first-order valence-electron chi connectivity index (χ1n) is 8.38. The van der Waals surface area contributed by atoms with Gasteiger partial charge in [0.05, 0.1) is 5.41 Å². The Kier molecular flexibility index (Phi) is 5.62. The molecule has 0 radical (unpaired) electrons. The monoisotopic (exact) mass is 390 g/mol. The quantitative estimate of drug-likeness (QED) is 0.559. The lowest BCUT2D eigenvalue weighted by Crippen LogP contribution is -2.23. The number of aliphatic imine (C=N–C) groups is 1. The molecule has 9 heteroatoms. The number of hydrogen-bond donors (Lipinski definition) is 2. The van der Waals surface area contributed by atoms with Gasteiger partial charge in [0.25, 0.3) is 5.91 Å². The molecule has 1 aromatic heterocycles. The average molecular weight is 390 g/mol. The number of alkyl halides is 2. The molecule has 146 valence electrons. The van der Waals surface area contributed by atoms with Crippen molar-refractivity contribution < 1.29 is 22.7 Å². The predicted molar refractivity (Wildman–Crippen MR) is 97.6 cm³/mol. The summed E-state index contributed by atoms with van der Waals surface area (Å²) in [5, 5.41) is 2.78. The summed E-state index contributed by atoms with van der Waals surface area (Å²) in [6.45, 7) is -2.98. The number of rotatable bonds is 7. The molecule has 1 fully saturated rings. The van der Waals surface area contributed by atoms with Crippen molar-refractivity contribution in [3.05, 3.63) is 66.3 Å². The molecule has 0 saturated heterocycles. The van der Waals surface area contributed by atoms with Crippen molar-refractivity contribution in [3.8, 4) is 5.88 Å². The summed E-state index contributed by atoms with van der Waals surface area (Å²) in [4.78, 5) is 20.0. The number of halogens is 3. The van der Waals surface area contributed by atoms with Crippen molar-refractivity contribution in [2.24, 2.45) is 10.7 Å². The van der Waals surface area contributed by atoms with Gasteiger partial charge in [-0.3, -0.25) is 4.79 Å². The van der Waals surface area contributed by atoms with Gasteiger partial charge in [-0.1, -0.05) is 18.2 Å². The molecule has 1 aromatic carbocycles. The lowest BCUT2D eigenvalue weighted by Gasteiger charge is -2.12. The molecule has 0 atom stereocenters. The van der Waals surface area contributed by atoms with Gasteiger partial charge >= 0.3 is 6.61 Å². The van der Waals surface area contributed by atoms with Crippen molar-refractivity contribution in [2.45, 2.75) is 24.9 Å². The molecule has 2 aromatic rings. The van der Waals surface area contributed by atoms with Gasteiger partial charge in [-0.15, -0.1) is 0 Å². The fourth-order valence-corrected chi connectivity index (χ4v) is 2.71. The number of nitrogens with one attached hydrogen (secondary N) is 1. The molecule has 1 aliphatic carbocycles. The highest BCUT2D eigenvalue weighted by Gasteiger charge is 2.52. The Morgan fingerprint density at radius 3 is 2.75 bits per heavy atom. The molecular weight excluding hydrogens is 373 g/mol. The molecule has 6 nitrogen and oxygen atoms in total. The van der Waals surface area contributed by atoms with Crippen LogP contribution in [-0.4, -0.2) is 23.3 Å². The average Bonchev–Trinajstić information content (AvgIpc) is 3.44. The van der Waals surface area contributed by atoms with Crippen molar-refractivity contribution >= 4 is 17.4 Å². The molecular formula is C19H17F3N4O2. The van der Waals surface area contributed by atoms with E-state index in [-0.39, 0.29) is 11.7 Å². The van der Waals surface area contributed by atoms with Gasteiger partial charge in [0.1, 0.15) is 11.7 Å². The summed E-state index contributed by atoms with van der Waals surface area (Å²) in [6.07, 6.45) is 5.03. The van der Waals surface area contributed by atoms with Crippen LogP contribution in [0.4, 0.5) is 18.9 Å². The Morgan fingerprint density at radius 1 is 1.32 bits per heavy atom. The normalized spacial score (nSPS) is 15.6. The molecule has 28 heavy (non-hydrogen) atoms. The van der Waals surface area contributed by atoms with Crippen molar-refractivity contribution in [1.82, 2.24) is 4.98 Å². The summed E-state index contributed by atoms with van der Waals surface area (Å²) in [5.74, 6) is -1.26. The number of anilines is 1. The standard InChI is InChI=1S/C19H17F3N4O2/c20-14-4-2-1-3-13(14)19(7-8-19)17(27)26-15(23)6-10-24-12-5-9-25-16(11-12)28-18(21)22/h1-6,9-11,18H,7-8H2,(H,24,25)(H2,23,26,27)/b10-6-. The van der Waals surface area contributed by atoms with E-state index in [1.165, 1.54) is 36.7 Å². The number of nitrogens with two attached hydrogens (primary N) is 1. The van der Waals surface area contributed by atoms with E-state index in [0.717, 1.165) is 0 Å². The first-order chi connectivity index (χ1) is 13.4. The molecule has 0 spiro atoms. The fourth-order valence-electron chi connectivity index (χ4n) is 2.71. The molecule has 1 amide bonds. The van der Waals surface area contributed by atoms with Crippen molar-refractivity contribution in [3.63, 3.8) is 0 Å². The first-order valence-corrected chi connectivity index (χ1v) is 8.38. The maximum Gasteiger partial charge on any atom is 0.388 e. The molecule has 1 heterocycles. The van der Waals surface area contributed by atoms with Crippen LogP contribution < -0.4 is 15.8 Å². The van der Waals surface area contributed by atoms with Crippen LogP contribution in [-0.2, 0) is 10.2 Å². The SMILES string of the molecule is NC(/C=C\Nc1ccnc(OC(F)F)c1)=NC(=O)C1(c2ccccc2F)CC1. The second kappa shape index (κ2) is 8.12. The number of carbonyl (C=O) groups is 1. The van der Waals surface area contributed by atoms with Crippen LogP contribution >= 0.6 is 0 Å². The summed E-state index contributed by atoms with van der Waals surface area (Å²) in [5.41, 5.74) is 5.54. The number of aromatic nitrogens is 1. The molecule has 3 N–H and O–H groups in total. The number of amides is 1. The number of benzene rings is 1. The Hall–Kier alpha value is -3.36. The van der Waals surface area contributed by atoms with Gasteiger partial charge < -0.3 is 15.8 Å². The summed E-state index contributed by atoms with van der Waals surface area (Å²) in [6, 6.07) is 8.91. The first kappa shape index (κ1) is 19.4. The zero-order valence-electron chi connectivity index (χ0n) is 14.6. The minimum Gasteiger partial charge on any atom is -0.417 e. The van der Waals surface area contributed by atoms with Gasteiger partial charge in [-0.05, 0) is 31.1 Å². The zero-order valence-corrected chi connectivity index (χ0v) is 14.6. The minimum absolute atomic E-state index is 0.0711. The van der Waals surface area contributed by atoms with Crippen LogP contribution in [0.3, 0.4) is 0 Å². The van der Waals surface area contributed by atoms with Gasteiger partial charge in [0, 0.05) is 29.7 Å². The molecule has 1 saturated carbocycles. The van der Waals surface area contributed by atoms with Gasteiger partial charge in [0.15, 0.2) is 0 Å². The molecule has 1 aliphatic rings. The predicted octanol–water partition coefficient (Wildman–Crippen LogP) is 3.36. The van der Waals surface area contributed by atoms with Gasteiger partial charge in [-0.25, -0.2) is 9.37 Å². The van der Waals surface area contributed by atoms with E-state index < -0.39 is 23.8 Å². The van der Waals surface area contributed by atoms with E-state index in [1.54, 1.807) is 18.2 Å². The Labute approximate surface area is 158 Å². The second-order valence-corrected chi connectivity index (χ2v) is 6.14. The van der Waals surface area contributed by atoms with E-state index in [2.05, 4.69) is 20.0 Å². The lowest BCUT2D eigenvalue weighted by atomic mass is 9.94. The molecule has 3 rings (SSSR count). The lowest BCUT2D eigenvalue weighted by molar-refractivity contribution is -0.120. The Balaban J connectivity index is 1.64. The maximum absolute atomic E-state index is 14.0. The van der Waals surface area contributed by atoms with E-state index in [1.807, 2.05) is 0 Å². The number of carbonyl (C=O) groups excluding carboxylic acids is 1. The molecule has 0 bridgehead atoms. The highest BCUT2D eigenvalue weighted by Crippen LogP contribution is 2.50. The van der Waals surface area contributed by atoms with Gasteiger partial charge in [-0.2, -0.15) is 13.8 Å². The van der Waals surface area contributed by atoms with Crippen LogP contribution in [0.5, 0.6) is 5.88 Å².